The molecule has 2 N–H and O–H groups in total. The van der Waals surface area contributed by atoms with Gasteiger partial charge < -0.3 is 10.2 Å². The lowest BCUT2D eigenvalue weighted by Crippen LogP contribution is -2.37. The van der Waals surface area contributed by atoms with Crippen LogP contribution in [0.5, 0.6) is 11.5 Å². The van der Waals surface area contributed by atoms with Gasteiger partial charge in [-0.1, -0.05) is 62.2 Å². The first-order valence-corrected chi connectivity index (χ1v) is 9.68. The summed E-state index contributed by atoms with van der Waals surface area (Å²) in [6.45, 7) is 9.58. The lowest BCUT2D eigenvalue weighted by Gasteiger charge is -2.38. The molecule has 0 spiro atoms. The summed E-state index contributed by atoms with van der Waals surface area (Å²) in [4.78, 5) is 23.3. The van der Waals surface area contributed by atoms with Crippen LogP contribution in [0.25, 0.3) is 0 Å². The van der Waals surface area contributed by atoms with Gasteiger partial charge >= 0.3 is 0 Å². The minimum atomic E-state index is -0.289. The minimum absolute atomic E-state index is 0.0687. The lowest BCUT2D eigenvalue weighted by atomic mass is 9.64. The van der Waals surface area contributed by atoms with E-state index in [0.717, 1.165) is 5.57 Å². The molecule has 0 unspecified atom stereocenters. The molecule has 1 aromatic rings. The number of aromatic hydroxyl groups is 2. The Hall–Kier alpha value is -2.33. The summed E-state index contributed by atoms with van der Waals surface area (Å²) >= 11 is 6.09. The molecule has 0 aliphatic heterocycles. The second-order valence-electron chi connectivity index (χ2n) is 7.77. The number of phenolic OH excluding ortho intramolecular Hbond substituents is 2. The summed E-state index contributed by atoms with van der Waals surface area (Å²) in [5, 5.41) is 20.7. The van der Waals surface area contributed by atoms with E-state index in [9.17, 15) is 19.8 Å². The second kappa shape index (κ2) is 8.36. The predicted molar refractivity (Wildman–Crippen MR) is 112 cm³/mol. The predicted octanol–water partition coefficient (Wildman–Crippen LogP) is 5.33. The van der Waals surface area contributed by atoms with Gasteiger partial charge in [0.2, 0.25) is 0 Å². The zero-order valence-corrected chi connectivity index (χ0v) is 17.7. The zero-order valence-electron chi connectivity index (χ0n) is 16.9. The SMILES string of the molecule is CC(/C=C/[C@]1(C)[C@H](C)C=CC(=O)[C@H]1C)=C\Cc1c(O)c(Cl)c(C)c(C=O)c1O. The molecule has 0 heterocycles. The van der Waals surface area contributed by atoms with Gasteiger partial charge in [-0.25, -0.2) is 0 Å². The number of rotatable bonds is 5. The van der Waals surface area contributed by atoms with Crippen LogP contribution < -0.4 is 0 Å². The van der Waals surface area contributed by atoms with E-state index in [1.165, 1.54) is 0 Å². The van der Waals surface area contributed by atoms with Gasteiger partial charge in [0.05, 0.1) is 10.6 Å². The van der Waals surface area contributed by atoms with Crippen molar-refractivity contribution in [3.8, 4) is 11.5 Å². The fourth-order valence-electron chi connectivity index (χ4n) is 3.45. The van der Waals surface area contributed by atoms with Crippen LogP contribution in [0.4, 0.5) is 0 Å². The van der Waals surface area contributed by atoms with E-state index in [4.69, 9.17) is 11.6 Å². The number of carbonyl (C=O) groups excluding carboxylic acids is 2. The number of allylic oxidation sites excluding steroid dienone is 6. The Morgan fingerprint density at radius 3 is 2.54 bits per heavy atom. The van der Waals surface area contributed by atoms with Crippen LogP contribution >= 0.6 is 11.6 Å². The van der Waals surface area contributed by atoms with Gasteiger partial charge in [-0.2, -0.15) is 0 Å². The lowest BCUT2D eigenvalue weighted by molar-refractivity contribution is -0.121. The molecule has 0 aromatic heterocycles. The van der Waals surface area contributed by atoms with Gasteiger partial charge in [0.1, 0.15) is 11.5 Å². The normalized spacial score (nSPS) is 25.5. The highest BCUT2D eigenvalue weighted by atomic mass is 35.5. The Morgan fingerprint density at radius 1 is 1.29 bits per heavy atom. The van der Waals surface area contributed by atoms with Gasteiger partial charge in [0, 0.05) is 16.9 Å². The van der Waals surface area contributed by atoms with Crippen molar-refractivity contribution in [2.45, 2.75) is 41.0 Å². The average molecular weight is 403 g/mol. The maximum absolute atomic E-state index is 12.1. The number of halogens is 1. The van der Waals surface area contributed by atoms with Crippen molar-refractivity contribution in [2.24, 2.45) is 17.3 Å². The Labute approximate surface area is 171 Å². The van der Waals surface area contributed by atoms with E-state index in [2.05, 4.69) is 13.8 Å². The summed E-state index contributed by atoms with van der Waals surface area (Å²) in [6, 6.07) is 0. The van der Waals surface area contributed by atoms with Crippen molar-refractivity contribution in [3.63, 3.8) is 0 Å². The fourth-order valence-corrected chi connectivity index (χ4v) is 3.66. The molecular weight excluding hydrogens is 376 g/mol. The van der Waals surface area contributed by atoms with Crippen molar-refractivity contribution in [1.29, 1.82) is 0 Å². The number of aldehydes is 1. The molecule has 150 valence electrons. The number of hydrogen-bond donors (Lipinski definition) is 2. The topological polar surface area (TPSA) is 74.6 Å². The highest BCUT2D eigenvalue weighted by Crippen LogP contribution is 2.42. The molecule has 0 bridgehead atoms. The van der Waals surface area contributed by atoms with Gasteiger partial charge in [-0.3, -0.25) is 9.59 Å². The molecule has 1 aliphatic rings. The zero-order chi connectivity index (χ0) is 21.2. The molecule has 4 nitrogen and oxygen atoms in total. The van der Waals surface area contributed by atoms with Crippen LogP contribution in [0.2, 0.25) is 5.02 Å². The molecule has 3 atom stereocenters. The maximum Gasteiger partial charge on any atom is 0.159 e. The summed E-state index contributed by atoms with van der Waals surface area (Å²) in [6.07, 6.45) is 10.2. The van der Waals surface area contributed by atoms with E-state index in [0.29, 0.717) is 11.8 Å². The number of phenols is 2. The van der Waals surface area contributed by atoms with Crippen LogP contribution in [0.3, 0.4) is 0 Å². The second-order valence-corrected chi connectivity index (χ2v) is 8.15. The molecule has 0 saturated carbocycles. The Bertz CT molecular complexity index is 895. The highest BCUT2D eigenvalue weighted by molar-refractivity contribution is 6.33. The van der Waals surface area contributed by atoms with Crippen LogP contribution in [0.1, 0.15) is 49.2 Å². The number of ketones is 1. The fraction of sp³-hybridized carbons (Fsp3) is 0.391. The number of hydrogen-bond acceptors (Lipinski definition) is 4. The molecule has 0 fully saturated rings. The smallest absolute Gasteiger partial charge is 0.159 e. The van der Waals surface area contributed by atoms with Crippen LogP contribution in [-0.2, 0) is 11.2 Å². The molecule has 28 heavy (non-hydrogen) atoms. The van der Waals surface area contributed by atoms with E-state index in [1.54, 1.807) is 13.0 Å². The van der Waals surface area contributed by atoms with Crippen molar-refractivity contribution >= 4 is 23.7 Å². The first-order chi connectivity index (χ1) is 13.0. The summed E-state index contributed by atoms with van der Waals surface area (Å²) in [5.41, 5.74) is 1.27. The number of carbonyl (C=O) groups is 2. The molecule has 1 aromatic carbocycles. The van der Waals surface area contributed by atoms with Gasteiger partial charge in [0.25, 0.3) is 0 Å². The molecule has 2 rings (SSSR count). The summed E-state index contributed by atoms with van der Waals surface area (Å²) in [7, 11) is 0. The monoisotopic (exact) mass is 402 g/mol. The van der Waals surface area contributed by atoms with E-state index in [1.807, 2.05) is 38.2 Å². The van der Waals surface area contributed by atoms with Gasteiger partial charge in [0.15, 0.2) is 12.1 Å². The first kappa shape index (κ1) is 22.0. The highest BCUT2D eigenvalue weighted by Gasteiger charge is 2.39. The minimum Gasteiger partial charge on any atom is -0.507 e. The third-order valence-electron chi connectivity index (χ3n) is 6.11. The van der Waals surface area contributed by atoms with Gasteiger partial charge in [-0.15, -0.1) is 0 Å². The molecule has 1 aliphatic carbocycles. The first-order valence-electron chi connectivity index (χ1n) is 9.30. The molecule has 5 heteroatoms. The Balaban J connectivity index is 2.30. The summed E-state index contributed by atoms with van der Waals surface area (Å²) in [5.74, 6) is -0.233. The van der Waals surface area contributed by atoms with Gasteiger partial charge in [-0.05, 0) is 37.8 Å². The average Bonchev–Trinajstić information content (AvgIpc) is 2.66. The van der Waals surface area contributed by atoms with E-state index < -0.39 is 0 Å². The molecule has 0 saturated heterocycles. The third kappa shape index (κ3) is 3.93. The van der Waals surface area contributed by atoms with Crippen molar-refractivity contribution in [3.05, 3.63) is 57.7 Å². The van der Waals surface area contributed by atoms with E-state index >= 15 is 0 Å². The van der Waals surface area contributed by atoms with E-state index in [-0.39, 0.29) is 57.1 Å². The number of benzene rings is 1. The molecule has 0 amide bonds. The summed E-state index contributed by atoms with van der Waals surface area (Å²) < 4.78 is 0. The van der Waals surface area contributed by atoms with Crippen LogP contribution in [-0.4, -0.2) is 22.3 Å². The standard InChI is InChI=1S/C23H27ClO4/c1-13(10-11-23(5)14(2)7-9-19(26)16(23)4)6-8-17-21(27)18(12-25)15(3)20(24)22(17)28/h6-7,9-12,14,16,27-28H,8H2,1-5H3/b11-10+,13-6+/t14-,16-,23-/m1/s1. The Kier molecular flexibility index (Phi) is 6.56. The van der Waals surface area contributed by atoms with Crippen molar-refractivity contribution in [2.75, 3.05) is 0 Å². The molecule has 0 radical (unpaired) electrons. The quantitative estimate of drug-likeness (QED) is 0.515. The maximum atomic E-state index is 12.1. The van der Waals surface area contributed by atoms with Crippen molar-refractivity contribution < 1.29 is 19.8 Å². The largest absolute Gasteiger partial charge is 0.507 e. The van der Waals surface area contributed by atoms with Crippen molar-refractivity contribution in [1.82, 2.24) is 0 Å². The third-order valence-corrected chi connectivity index (χ3v) is 6.57. The Morgan fingerprint density at radius 2 is 1.93 bits per heavy atom. The molecular formula is C23H27ClO4. The van der Waals surface area contributed by atoms with Crippen LogP contribution in [0, 0.1) is 24.2 Å². The van der Waals surface area contributed by atoms with Crippen LogP contribution in [0.15, 0.2) is 36.0 Å².